The van der Waals surface area contributed by atoms with Crippen LogP contribution in [-0.4, -0.2) is 37.6 Å². The number of alkyl halides is 2. The Morgan fingerprint density at radius 2 is 2.00 bits per heavy atom. The van der Waals surface area contributed by atoms with Crippen molar-refractivity contribution in [2.45, 2.75) is 12.8 Å². The Labute approximate surface area is 117 Å². The molecule has 0 saturated carbocycles. The van der Waals surface area contributed by atoms with E-state index in [0.717, 1.165) is 0 Å². The largest absolute Gasteiger partial charge is 0.469 e. The molecule has 2 atom stereocenters. The van der Waals surface area contributed by atoms with Gasteiger partial charge in [-0.1, -0.05) is 37.3 Å². The molecule has 1 saturated heterocycles. The summed E-state index contributed by atoms with van der Waals surface area (Å²) in [7, 11) is 1.33. The van der Waals surface area contributed by atoms with Gasteiger partial charge < -0.3 is 4.74 Å². The fourth-order valence-electron chi connectivity index (χ4n) is 2.71. The summed E-state index contributed by atoms with van der Waals surface area (Å²) in [6, 6.07) is 7.78. The molecular weight excluding hydrogens is 264 g/mol. The minimum Gasteiger partial charge on any atom is -0.469 e. The zero-order chi connectivity index (χ0) is 14.8. The Balaban J connectivity index is 2.03. The molecule has 20 heavy (non-hydrogen) atoms. The predicted octanol–water partition coefficient (Wildman–Crippen LogP) is 2.52. The van der Waals surface area contributed by atoms with Gasteiger partial charge in [-0.05, 0) is 5.92 Å². The van der Waals surface area contributed by atoms with E-state index in [1.165, 1.54) is 19.2 Å². The quantitative estimate of drug-likeness (QED) is 0.795. The van der Waals surface area contributed by atoms with Crippen LogP contribution in [0.25, 0.3) is 0 Å². The molecule has 0 aliphatic carbocycles. The van der Waals surface area contributed by atoms with Crippen LogP contribution < -0.4 is 0 Å². The Morgan fingerprint density at radius 1 is 1.35 bits per heavy atom. The van der Waals surface area contributed by atoms with Crippen LogP contribution in [-0.2, 0) is 15.5 Å². The van der Waals surface area contributed by atoms with Gasteiger partial charge in [0.15, 0.2) is 0 Å². The van der Waals surface area contributed by atoms with Crippen molar-refractivity contribution in [2.24, 2.45) is 11.8 Å². The van der Waals surface area contributed by atoms with E-state index in [4.69, 9.17) is 4.74 Å². The van der Waals surface area contributed by atoms with Crippen molar-refractivity contribution in [2.75, 3.05) is 26.7 Å². The highest BCUT2D eigenvalue weighted by molar-refractivity contribution is 5.73. The minimum absolute atomic E-state index is 0.00849. The first-order valence-corrected chi connectivity index (χ1v) is 6.67. The summed E-state index contributed by atoms with van der Waals surface area (Å²) >= 11 is 0. The number of rotatable bonds is 4. The molecule has 5 heteroatoms. The van der Waals surface area contributed by atoms with Crippen LogP contribution >= 0.6 is 0 Å². The smallest absolute Gasteiger partial charge is 0.310 e. The second-order valence-corrected chi connectivity index (χ2v) is 5.37. The molecule has 0 aromatic heterocycles. The highest BCUT2D eigenvalue weighted by Crippen LogP contribution is 2.32. The van der Waals surface area contributed by atoms with Gasteiger partial charge in [0.05, 0.1) is 19.6 Å². The summed E-state index contributed by atoms with van der Waals surface area (Å²) in [5.41, 5.74) is 0.00849. The third kappa shape index (κ3) is 3.15. The molecular formula is C15H19F2NO2. The third-order valence-electron chi connectivity index (χ3n) is 3.81. The summed E-state index contributed by atoms with van der Waals surface area (Å²) in [4.78, 5) is 13.2. The Morgan fingerprint density at radius 3 is 2.60 bits per heavy atom. The topological polar surface area (TPSA) is 29.5 Å². The monoisotopic (exact) mass is 283 g/mol. The van der Waals surface area contributed by atoms with Crippen molar-refractivity contribution in [3.63, 3.8) is 0 Å². The Hall–Kier alpha value is -1.49. The highest BCUT2D eigenvalue weighted by atomic mass is 19.3. The lowest BCUT2D eigenvalue weighted by molar-refractivity contribution is -0.146. The lowest BCUT2D eigenvalue weighted by Gasteiger charge is -2.23. The van der Waals surface area contributed by atoms with E-state index < -0.39 is 5.92 Å². The van der Waals surface area contributed by atoms with Gasteiger partial charge in [-0.2, -0.15) is 8.78 Å². The lowest BCUT2D eigenvalue weighted by Crippen LogP contribution is -2.34. The molecule has 1 fully saturated rings. The zero-order valence-corrected chi connectivity index (χ0v) is 11.7. The van der Waals surface area contributed by atoms with Crippen LogP contribution in [0.15, 0.2) is 30.3 Å². The summed E-state index contributed by atoms with van der Waals surface area (Å²) in [5.74, 6) is -3.50. The first-order valence-electron chi connectivity index (χ1n) is 6.67. The van der Waals surface area contributed by atoms with E-state index in [1.54, 1.807) is 23.1 Å². The van der Waals surface area contributed by atoms with E-state index in [1.807, 2.05) is 6.92 Å². The van der Waals surface area contributed by atoms with Crippen molar-refractivity contribution in [3.05, 3.63) is 35.9 Å². The summed E-state index contributed by atoms with van der Waals surface area (Å²) in [5, 5.41) is 0. The number of likely N-dealkylation sites (tertiary alicyclic amines) is 1. The van der Waals surface area contributed by atoms with Crippen molar-refractivity contribution in [1.82, 2.24) is 4.90 Å². The maximum atomic E-state index is 14.2. The van der Waals surface area contributed by atoms with E-state index in [9.17, 15) is 13.6 Å². The molecule has 1 aliphatic heterocycles. The van der Waals surface area contributed by atoms with Crippen LogP contribution in [0.2, 0.25) is 0 Å². The molecule has 1 heterocycles. The molecule has 1 aliphatic rings. The van der Waals surface area contributed by atoms with Gasteiger partial charge in [-0.25, -0.2) is 0 Å². The zero-order valence-electron chi connectivity index (χ0n) is 11.7. The number of hydrogen-bond donors (Lipinski definition) is 0. The average molecular weight is 283 g/mol. The molecule has 0 radical (unpaired) electrons. The van der Waals surface area contributed by atoms with Crippen LogP contribution in [0.1, 0.15) is 12.5 Å². The molecule has 110 valence electrons. The maximum absolute atomic E-state index is 14.2. The van der Waals surface area contributed by atoms with Crippen LogP contribution in [0, 0.1) is 11.8 Å². The molecule has 0 N–H and O–H groups in total. The van der Waals surface area contributed by atoms with Gasteiger partial charge in [0, 0.05) is 18.7 Å². The van der Waals surface area contributed by atoms with Gasteiger partial charge in [0.25, 0.3) is 5.92 Å². The lowest BCUT2D eigenvalue weighted by atomic mass is 9.99. The van der Waals surface area contributed by atoms with E-state index in [-0.39, 0.29) is 29.9 Å². The number of halogens is 2. The molecule has 1 aromatic carbocycles. The second-order valence-electron chi connectivity index (χ2n) is 5.37. The molecule has 0 amide bonds. The standard InChI is InChI=1S/C15H19F2NO2/c1-11-8-18(9-13(11)14(19)20-2)10-15(16,17)12-6-4-3-5-7-12/h3-7,11,13H,8-10H2,1-2H3. The van der Waals surface area contributed by atoms with Gasteiger partial charge in [-0.15, -0.1) is 0 Å². The molecule has 1 aromatic rings. The number of carbonyl (C=O) groups is 1. The SMILES string of the molecule is COC(=O)C1CN(CC(F)(F)c2ccccc2)CC1C. The van der Waals surface area contributed by atoms with Crippen molar-refractivity contribution in [1.29, 1.82) is 0 Å². The first kappa shape index (κ1) is 14.9. The van der Waals surface area contributed by atoms with Crippen molar-refractivity contribution in [3.8, 4) is 0 Å². The number of benzene rings is 1. The van der Waals surface area contributed by atoms with Crippen molar-refractivity contribution < 1.29 is 18.3 Å². The van der Waals surface area contributed by atoms with Gasteiger partial charge in [0.1, 0.15) is 0 Å². The van der Waals surface area contributed by atoms with E-state index in [2.05, 4.69) is 0 Å². The van der Waals surface area contributed by atoms with Crippen LogP contribution in [0.3, 0.4) is 0 Å². The Bertz CT molecular complexity index is 464. The molecule has 2 unspecified atom stereocenters. The summed E-state index contributed by atoms with van der Waals surface area (Å²) < 4.78 is 33.1. The number of hydrogen-bond acceptors (Lipinski definition) is 3. The molecule has 3 nitrogen and oxygen atoms in total. The van der Waals surface area contributed by atoms with Gasteiger partial charge in [0.2, 0.25) is 0 Å². The second kappa shape index (κ2) is 5.87. The van der Waals surface area contributed by atoms with Gasteiger partial charge >= 0.3 is 5.97 Å². The van der Waals surface area contributed by atoms with Crippen molar-refractivity contribution >= 4 is 5.97 Å². The predicted molar refractivity (Wildman–Crippen MR) is 71.4 cm³/mol. The first-order chi connectivity index (χ1) is 9.44. The van der Waals surface area contributed by atoms with E-state index >= 15 is 0 Å². The number of ether oxygens (including phenoxy) is 1. The number of nitrogens with zero attached hydrogens (tertiary/aromatic N) is 1. The Kier molecular flexibility index (Phi) is 4.38. The molecule has 2 rings (SSSR count). The fourth-order valence-corrected chi connectivity index (χ4v) is 2.71. The van der Waals surface area contributed by atoms with Crippen LogP contribution in [0.5, 0.6) is 0 Å². The average Bonchev–Trinajstić information content (AvgIpc) is 2.79. The normalized spacial score (nSPS) is 23.8. The number of carbonyl (C=O) groups excluding carboxylic acids is 1. The summed E-state index contributed by atoms with van der Waals surface area (Å²) in [6.45, 7) is 2.34. The van der Waals surface area contributed by atoms with Gasteiger partial charge in [-0.3, -0.25) is 9.69 Å². The number of esters is 1. The summed E-state index contributed by atoms with van der Waals surface area (Å²) in [6.07, 6.45) is 0. The highest BCUT2D eigenvalue weighted by Gasteiger charge is 2.41. The minimum atomic E-state index is -2.91. The maximum Gasteiger partial charge on any atom is 0.310 e. The third-order valence-corrected chi connectivity index (χ3v) is 3.81. The van der Waals surface area contributed by atoms with Crippen LogP contribution in [0.4, 0.5) is 8.78 Å². The fraction of sp³-hybridized carbons (Fsp3) is 0.533. The molecule has 0 spiro atoms. The van der Waals surface area contributed by atoms with E-state index in [0.29, 0.717) is 13.1 Å². The number of methoxy groups -OCH3 is 1. The molecule has 0 bridgehead atoms.